The van der Waals surface area contributed by atoms with E-state index in [4.69, 9.17) is 21.1 Å². The van der Waals surface area contributed by atoms with E-state index < -0.39 is 0 Å². The number of ether oxygens (including phenoxy) is 2. The fourth-order valence-corrected chi connectivity index (χ4v) is 3.31. The van der Waals surface area contributed by atoms with Gasteiger partial charge < -0.3 is 14.8 Å². The van der Waals surface area contributed by atoms with Gasteiger partial charge in [-0.2, -0.15) is 4.80 Å². The summed E-state index contributed by atoms with van der Waals surface area (Å²) in [6.45, 7) is 1.91. The largest absolute Gasteiger partial charge is 0.497 e. The Labute approximate surface area is 178 Å². The van der Waals surface area contributed by atoms with Crippen molar-refractivity contribution in [3.63, 3.8) is 0 Å². The van der Waals surface area contributed by atoms with Crippen LogP contribution in [0.25, 0.3) is 16.7 Å². The van der Waals surface area contributed by atoms with E-state index in [1.807, 2.05) is 19.1 Å². The second-order valence-corrected chi connectivity index (χ2v) is 7.06. The Morgan fingerprint density at radius 1 is 1.00 bits per heavy atom. The van der Waals surface area contributed by atoms with Gasteiger partial charge in [0.1, 0.15) is 22.5 Å². The topological polar surface area (TPSA) is 78.3 Å². The molecule has 30 heavy (non-hydrogen) atoms. The number of halogens is 1. The molecule has 1 aromatic heterocycles. The maximum atomic E-state index is 12.7. The lowest BCUT2D eigenvalue weighted by Crippen LogP contribution is -2.12. The van der Waals surface area contributed by atoms with E-state index >= 15 is 0 Å². The molecule has 0 radical (unpaired) electrons. The number of anilines is 1. The van der Waals surface area contributed by atoms with Crippen LogP contribution in [0.4, 0.5) is 5.69 Å². The van der Waals surface area contributed by atoms with E-state index in [1.165, 1.54) is 4.80 Å². The number of benzene rings is 3. The number of nitrogens with zero attached hydrogens (tertiary/aromatic N) is 3. The first kappa shape index (κ1) is 19.7. The minimum Gasteiger partial charge on any atom is -0.497 e. The molecule has 0 aliphatic rings. The number of carbonyl (C=O) groups is 1. The van der Waals surface area contributed by atoms with Gasteiger partial charge >= 0.3 is 0 Å². The number of nitrogens with one attached hydrogen (secondary N) is 1. The van der Waals surface area contributed by atoms with Crippen LogP contribution in [0.1, 0.15) is 15.9 Å². The van der Waals surface area contributed by atoms with E-state index in [9.17, 15) is 4.79 Å². The average Bonchev–Trinajstić information content (AvgIpc) is 3.16. The molecule has 4 aromatic rings. The predicted molar refractivity (Wildman–Crippen MR) is 116 cm³/mol. The molecule has 0 spiro atoms. The summed E-state index contributed by atoms with van der Waals surface area (Å²) in [4.78, 5) is 14.2. The number of aryl methyl sites for hydroxylation is 1. The molecule has 0 atom stereocenters. The highest BCUT2D eigenvalue weighted by molar-refractivity contribution is 6.32. The zero-order valence-corrected chi connectivity index (χ0v) is 17.4. The van der Waals surface area contributed by atoms with Crippen molar-refractivity contribution in [1.29, 1.82) is 0 Å². The molecule has 0 fully saturated rings. The molecule has 0 saturated heterocycles. The minimum atomic E-state index is -0.231. The first-order valence-corrected chi connectivity index (χ1v) is 9.53. The van der Waals surface area contributed by atoms with Crippen LogP contribution in [-0.2, 0) is 0 Å². The third-order valence-corrected chi connectivity index (χ3v) is 4.97. The van der Waals surface area contributed by atoms with E-state index in [1.54, 1.807) is 56.7 Å². The molecular weight excluding hydrogens is 404 g/mol. The Hall–Kier alpha value is -3.58. The lowest BCUT2D eigenvalue weighted by Gasteiger charge is -2.09. The Morgan fingerprint density at radius 2 is 1.77 bits per heavy atom. The van der Waals surface area contributed by atoms with Crippen LogP contribution in [0.3, 0.4) is 0 Å². The van der Waals surface area contributed by atoms with Crippen molar-refractivity contribution in [2.24, 2.45) is 0 Å². The highest BCUT2D eigenvalue weighted by Gasteiger charge is 2.13. The molecule has 8 heteroatoms. The number of methoxy groups -OCH3 is 2. The molecule has 3 aromatic carbocycles. The average molecular weight is 423 g/mol. The first-order valence-electron chi connectivity index (χ1n) is 9.15. The summed E-state index contributed by atoms with van der Waals surface area (Å²) in [5.41, 5.74) is 4.10. The number of rotatable bonds is 5. The van der Waals surface area contributed by atoms with E-state index in [-0.39, 0.29) is 5.91 Å². The van der Waals surface area contributed by atoms with Crippen LogP contribution < -0.4 is 14.8 Å². The minimum absolute atomic E-state index is 0.231. The summed E-state index contributed by atoms with van der Waals surface area (Å²) in [6.07, 6.45) is 0. The van der Waals surface area contributed by atoms with Gasteiger partial charge in [-0.3, -0.25) is 4.79 Å². The van der Waals surface area contributed by atoms with Crippen LogP contribution in [0, 0.1) is 6.92 Å². The fraction of sp³-hybridized carbons (Fsp3) is 0.136. The Bertz CT molecular complexity index is 1250. The monoisotopic (exact) mass is 422 g/mol. The van der Waals surface area contributed by atoms with Crippen molar-refractivity contribution in [3.8, 4) is 17.2 Å². The zero-order chi connectivity index (χ0) is 21.3. The lowest BCUT2D eigenvalue weighted by atomic mass is 10.1. The fourth-order valence-electron chi connectivity index (χ4n) is 3.06. The van der Waals surface area contributed by atoms with Crippen molar-refractivity contribution in [1.82, 2.24) is 15.0 Å². The van der Waals surface area contributed by atoms with Crippen LogP contribution >= 0.6 is 11.6 Å². The molecule has 4 rings (SSSR count). The van der Waals surface area contributed by atoms with Crippen molar-refractivity contribution < 1.29 is 14.3 Å². The molecule has 1 amide bonds. The van der Waals surface area contributed by atoms with Crippen LogP contribution in [0.2, 0.25) is 5.02 Å². The third kappa shape index (κ3) is 3.79. The van der Waals surface area contributed by atoms with Crippen LogP contribution in [-0.4, -0.2) is 35.1 Å². The number of hydrogen-bond acceptors (Lipinski definition) is 5. The van der Waals surface area contributed by atoms with Crippen LogP contribution in [0.15, 0.2) is 54.6 Å². The summed E-state index contributed by atoms with van der Waals surface area (Å²) in [5.74, 6) is 0.970. The Balaban J connectivity index is 1.65. The number of hydrogen-bond donors (Lipinski definition) is 1. The smallest absolute Gasteiger partial charge is 0.255 e. The number of fused-ring (bicyclic) bond motifs is 1. The predicted octanol–water partition coefficient (Wildman–Crippen LogP) is 4.65. The van der Waals surface area contributed by atoms with Crippen LogP contribution in [0.5, 0.6) is 11.5 Å². The van der Waals surface area contributed by atoms with Crippen molar-refractivity contribution in [3.05, 3.63) is 70.7 Å². The highest BCUT2D eigenvalue weighted by atomic mass is 35.5. The molecule has 0 bridgehead atoms. The summed E-state index contributed by atoms with van der Waals surface area (Å²) < 4.78 is 10.4. The molecular formula is C22H19ClN4O3. The van der Waals surface area contributed by atoms with Gasteiger partial charge in [-0.15, -0.1) is 10.2 Å². The van der Waals surface area contributed by atoms with E-state index in [0.717, 1.165) is 5.56 Å². The summed E-state index contributed by atoms with van der Waals surface area (Å²) >= 11 is 6.22. The second kappa shape index (κ2) is 8.04. The Morgan fingerprint density at radius 3 is 2.47 bits per heavy atom. The normalized spacial score (nSPS) is 10.8. The van der Waals surface area contributed by atoms with Gasteiger partial charge in [0.25, 0.3) is 5.91 Å². The third-order valence-electron chi connectivity index (χ3n) is 4.67. The number of aromatic nitrogens is 3. The van der Waals surface area contributed by atoms with Crippen molar-refractivity contribution in [2.45, 2.75) is 6.92 Å². The molecule has 152 valence electrons. The number of carbonyl (C=O) groups excluding carboxylic acids is 1. The van der Waals surface area contributed by atoms with Gasteiger partial charge in [0.15, 0.2) is 0 Å². The highest BCUT2D eigenvalue weighted by Crippen LogP contribution is 2.27. The molecule has 0 aliphatic carbocycles. The standard InChI is InChI=1S/C22H19ClN4O3/c1-13-9-19-20(26-27(25-19)15-7-8-21(30-3)17(23)11-15)12-18(13)24-22(28)14-5-4-6-16(10-14)29-2/h4-12H,1-3H3,(H,24,28). The molecule has 0 saturated carbocycles. The van der Waals surface area contributed by atoms with Gasteiger partial charge in [-0.1, -0.05) is 17.7 Å². The van der Waals surface area contributed by atoms with Gasteiger partial charge in [0.2, 0.25) is 0 Å². The van der Waals surface area contributed by atoms with Crippen molar-refractivity contribution >= 4 is 34.2 Å². The lowest BCUT2D eigenvalue weighted by molar-refractivity contribution is 0.102. The van der Waals surface area contributed by atoms with Gasteiger partial charge in [-0.25, -0.2) is 0 Å². The number of amides is 1. The van der Waals surface area contributed by atoms with Gasteiger partial charge in [0, 0.05) is 11.3 Å². The Kier molecular flexibility index (Phi) is 5.29. The maximum absolute atomic E-state index is 12.7. The summed E-state index contributed by atoms with van der Waals surface area (Å²) in [6, 6.07) is 16.0. The molecule has 7 nitrogen and oxygen atoms in total. The first-order chi connectivity index (χ1) is 14.5. The van der Waals surface area contributed by atoms with E-state index in [2.05, 4.69) is 15.5 Å². The summed E-state index contributed by atoms with van der Waals surface area (Å²) in [5, 5.41) is 12.4. The van der Waals surface area contributed by atoms with Crippen molar-refractivity contribution in [2.75, 3.05) is 19.5 Å². The quantitative estimate of drug-likeness (QED) is 0.506. The second-order valence-electron chi connectivity index (χ2n) is 6.65. The molecule has 0 aliphatic heterocycles. The van der Waals surface area contributed by atoms with Gasteiger partial charge in [-0.05, 0) is 61.0 Å². The molecule has 1 heterocycles. The maximum Gasteiger partial charge on any atom is 0.255 e. The SMILES string of the molecule is COc1cccc(C(=O)Nc2cc3nn(-c4ccc(OC)c(Cl)c4)nc3cc2C)c1. The van der Waals surface area contributed by atoms with E-state index in [0.29, 0.717) is 44.5 Å². The zero-order valence-electron chi connectivity index (χ0n) is 16.6. The molecule has 0 unspecified atom stereocenters. The molecule has 1 N–H and O–H groups in total. The van der Waals surface area contributed by atoms with Gasteiger partial charge in [0.05, 0.1) is 24.9 Å². The summed E-state index contributed by atoms with van der Waals surface area (Å²) in [7, 11) is 3.12.